The Bertz CT molecular complexity index is 542. The minimum atomic E-state index is -3.24. The Morgan fingerprint density at radius 3 is 2.50 bits per heavy atom. The molecule has 1 saturated heterocycles. The molecule has 0 radical (unpaired) electrons. The first-order chi connectivity index (χ1) is 9.53. The maximum Gasteiger partial charge on any atom is 0.214 e. The first-order valence-electron chi connectivity index (χ1n) is 6.62. The monoisotopic (exact) mass is 318 g/mol. The molecule has 0 atom stereocenters. The number of halogens is 1. The van der Waals surface area contributed by atoms with Gasteiger partial charge in [-0.15, -0.1) is 0 Å². The molecule has 112 valence electrons. The zero-order valence-corrected chi connectivity index (χ0v) is 12.8. The van der Waals surface area contributed by atoms with Gasteiger partial charge in [-0.3, -0.25) is 0 Å². The summed E-state index contributed by atoms with van der Waals surface area (Å²) in [6, 6.07) is 7.57. The van der Waals surface area contributed by atoms with Crippen LogP contribution >= 0.6 is 11.6 Å². The third-order valence-electron chi connectivity index (χ3n) is 3.37. The normalized spacial score (nSPS) is 17.4. The topological polar surface area (TPSA) is 60.9 Å². The van der Waals surface area contributed by atoms with Crippen LogP contribution in [0, 0.1) is 0 Å². The van der Waals surface area contributed by atoms with Crippen molar-refractivity contribution in [3.05, 3.63) is 29.3 Å². The molecule has 1 aliphatic heterocycles. The molecule has 0 saturated carbocycles. The van der Waals surface area contributed by atoms with E-state index in [0.29, 0.717) is 31.2 Å². The first kappa shape index (κ1) is 15.6. The SMILES string of the molecule is O=S(=O)(CCCO)N1CCN(c2cccc(Cl)c2)CC1. The summed E-state index contributed by atoms with van der Waals surface area (Å²) < 4.78 is 25.5. The summed E-state index contributed by atoms with van der Waals surface area (Å²) in [4.78, 5) is 2.13. The molecule has 0 aromatic heterocycles. The van der Waals surface area contributed by atoms with Gasteiger partial charge in [0.2, 0.25) is 10.0 Å². The van der Waals surface area contributed by atoms with Crippen LogP contribution in [-0.4, -0.2) is 56.4 Å². The number of sulfonamides is 1. The van der Waals surface area contributed by atoms with Crippen molar-refractivity contribution in [1.82, 2.24) is 4.31 Å². The van der Waals surface area contributed by atoms with E-state index in [-0.39, 0.29) is 18.8 Å². The second-order valence-electron chi connectivity index (χ2n) is 4.76. The fraction of sp³-hybridized carbons (Fsp3) is 0.538. The molecule has 1 aromatic rings. The van der Waals surface area contributed by atoms with Crippen molar-refractivity contribution in [3.63, 3.8) is 0 Å². The van der Waals surface area contributed by atoms with Gasteiger partial charge >= 0.3 is 0 Å². The number of nitrogens with zero attached hydrogens (tertiary/aromatic N) is 2. The number of anilines is 1. The number of aliphatic hydroxyl groups is 1. The Morgan fingerprint density at radius 2 is 1.90 bits per heavy atom. The number of rotatable bonds is 5. The maximum absolute atomic E-state index is 12.0. The largest absolute Gasteiger partial charge is 0.396 e. The van der Waals surface area contributed by atoms with Gasteiger partial charge in [-0.05, 0) is 24.6 Å². The van der Waals surface area contributed by atoms with Crippen LogP contribution in [0.2, 0.25) is 5.02 Å². The summed E-state index contributed by atoms with van der Waals surface area (Å²) in [5.74, 6) is 0.0145. The molecule has 7 heteroatoms. The first-order valence-corrected chi connectivity index (χ1v) is 8.61. The van der Waals surface area contributed by atoms with Crippen molar-refractivity contribution in [2.24, 2.45) is 0 Å². The van der Waals surface area contributed by atoms with Crippen molar-refractivity contribution in [2.75, 3.05) is 43.4 Å². The molecule has 1 N–H and O–H groups in total. The van der Waals surface area contributed by atoms with Crippen molar-refractivity contribution in [2.45, 2.75) is 6.42 Å². The van der Waals surface area contributed by atoms with Gasteiger partial charge in [0, 0.05) is 43.5 Å². The van der Waals surface area contributed by atoms with Gasteiger partial charge in [-0.25, -0.2) is 8.42 Å². The number of aliphatic hydroxyl groups excluding tert-OH is 1. The summed E-state index contributed by atoms with van der Waals surface area (Å²) in [6.45, 7) is 2.15. The highest BCUT2D eigenvalue weighted by molar-refractivity contribution is 7.89. The maximum atomic E-state index is 12.0. The Hall–Kier alpha value is -0.820. The summed E-state index contributed by atoms with van der Waals surface area (Å²) in [6.07, 6.45) is 0.289. The van der Waals surface area contributed by atoms with Crippen LogP contribution in [0.4, 0.5) is 5.69 Å². The van der Waals surface area contributed by atoms with E-state index >= 15 is 0 Å². The minimum absolute atomic E-state index is 0.0145. The van der Waals surface area contributed by atoms with Crippen molar-refractivity contribution in [1.29, 1.82) is 0 Å². The van der Waals surface area contributed by atoms with Crippen LogP contribution < -0.4 is 4.90 Å². The second-order valence-corrected chi connectivity index (χ2v) is 7.28. The van der Waals surface area contributed by atoms with Gasteiger partial charge in [0.05, 0.1) is 5.75 Å². The zero-order valence-electron chi connectivity index (χ0n) is 11.2. The fourth-order valence-electron chi connectivity index (χ4n) is 2.27. The predicted molar refractivity (Wildman–Crippen MR) is 80.7 cm³/mol. The fourth-order valence-corrected chi connectivity index (χ4v) is 3.93. The highest BCUT2D eigenvalue weighted by atomic mass is 35.5. The third-order valence-corrected chi connectivity index (χ3v) is 5.56. The smallest absolute Gasteiger partial charge is 0.214 e. The van der Waals surface area contributed by atoms with Gasteiger partial charge < -0.3 is 10.0 Å². The summed E-state index contributed by atoms with van der Waals surface area (Å²) in [5.41, 5.74) is 1.02. The number of hydrogen-bond acceptors (Lipinski definition) is 4. The molecule has 0 bridgehead atoms. The molecule has 0 amide bonds. The molecule has 0 unspecified atom stereocenters. The Kier molecular flexibility index (Phi) is 5.26. The van der Waals surface area contributed by atoms with E-state index < -0.39 is 10.0 Å². The summed E-state index contributed by atoms with van der Waals surface area (Å²) in [5, 5.41) is 9.42. The van der Waals surface area contributed by atoms with Crippen molar-refractivity contribution < 1.29 is 13.5 Å². The van der Waals surface area contributed by atoms with Crippen LogP contribution in [-0.2, 0) is 10.0 Å². The highest BCUT2D eigenvalue weighted by Crippen LogP contribution is 2.21. The van der Waals surface area contributed by atoms with Gasteiger partial charge in [-0.1, -0.05) is 17.7 Å². The van der Waals surface area contributed by atoms with E-state index in [0.717, 1.165) is 5.69 Å². The van der Waals surface area contributed by atoms with E-state index in [2.05, 4.69) is 4.90 Å². The lowest BCUT2D eigenvalue weighted by Crippen LogP contribution is -2.49. The molecule has 1 heterocycles. The number of benzene rings is 1. The lowest BCUT2D eigenvalue weighted by Gasteiger charge is -2.35. The molecule has 5 nitrogen and oxygen atoms in total. The highest BCUT2D eigenvalue weighted by Gasteiger charge is 2.26. The zero-order chi connectivity index (χ0) is 14.6. The van der Waals surface area contributed by atoms with Gasteiger partial charge in [0.1, 0.15) is 0 Å². The Morgan fingerprint density at radius 1 is 1.20 bits per heavy atom. The molecule has 1 aliphatic rings. The Balaban J connectivity index is 1.95. The van der Waals surface area contributed by atoms with Gasteiger partial charge in [0.25, 0.3) is 0 Å². The van der Waals surface area contributed by atoms with E-state index in [4.69, 9.17) is 16.7 Å². The van der Waals surface area contributed by atoms with Crippen LogP contribution in [0.25, 0.3) is 0 Å². The predicted octanol–water partition coefficient (Wildman–Crippen LogP) is 1.17. The molecule has 0 aliphatic carbocycles. The van der Waals surface area contributed by atoms with Crippen LogP contribution in [0.15, 0.2) is 24.3 Å². The quantitative estimate of drug-likeness (QED) is 0.885. The third kappa shape index (κ3) is 3.85. The van der Waals surface area contributed by atoms with E-state index in [9.17, 15) is 8.42 Å². The molecular formula is C13H19ClN2O3S. The standard InChI is InChI=1S/C13H19ClN2O3S/c14-12-3-1-4-13(11-12)15-5-7-16(8-6-15)20(18,19)10-2-9-17/h1,3-4,11,17H,2,5-10H2. The van der Waals surface area contributed by atoms with Crippen LogP contribution in [0.5, 0.6) is 0 Å². The average Bonchev–Trinajstić information content (AvgIpc) is 2.45. The second kappa shape index (κ2) is 6.76. The van der Waals surface area contributed by atoms with E-state index in [1.165, 1.54) is 4.31 Å². The van der Waals surface area contributed by atoms with Crippen LogP contribution in [0.3, 0.4) is 0 Å². The molecule has 2 rings (SSSR count). The molecule has 1 fully saturated rings. The molecule has 1 aromatic carbocycles. The van der Waals surface area contributed by atoms with Crippen molar-refractivity contribution in [3.8, 4) is 0 Å². The van der Waals surface area contributed by atoms with Crippen molar-refractivity contribution >= 4 is 27.3 Å². The summed E-state index contributed by atoms with van der Waals surface area (Å²) in [7, 11) is -3.24. The van der Waals surface area contributed by atoms with Gasteiger partial charge in [0.15, 0.2) is 0 Å². The molecular weight excluding hydrogens is 300 g/mol. The van der Waals surface area contributed by atoms with E-state index in [1.54, 1.807) is 0 Å². The Labute approximate surface area is 124 Å². The average molecular weight is 319 g/mol. The number of hydrogen-bond donors (Lipinski definition) is 1. The molecule has 20 heavy (non-hydrogen) atoms. The molecule has 0 spiro atoms. The lowest BCUT2D eigenvalue weighted by atomic mass is 10.2. The van der Waals surface area contributed by atoms with E-state index in [1.807, 2.05) is 24.3 Å². The summed E-state index contributed by atoms with van der Waals surface area (Å²) >= 11 is 5.97. The van der Waals surface area contributed by atoms with Gasteiger partial charge in [-0.2, -0.15) is 4.31 Å². The lowest BCUT2D eigenvalue weighted by molar-refractivity contribution is 0.293. The minimum Gasteiger partial charge on any atom is -0.396 e. The number of piperazine rings is 1. The van der Waals surface area contributed by atoms with Crippen LogP contribution in [0.1, 0.15) is 6.42 Å².